The molecule has 20 heavy (non-hydrogen) atoms. The fourth-order valence-electron chi connectivity index (χ4n) is 2.10. The molecule has 0 aliphatic rings. The first-order valence-electron chi connectivity index (χ1n) is 7.10. The first kappa shape index (κ1) is 14.6. The zero-order chi connectivity index (χ0) is 15.1. The molecule has 1 aromatic carbocycles. The van der Waals surface area contributed by atoms with Gasteiger partial charge < -0.3 is 10.3 Å². The van der Waals surface area contributed by atoms with Gasteiger partial charge in [-0.2, -0.15) is 0 Å². The molecule has 1 amide bonds. The number of aryl methyl sites for hydroxylation is 2. The van der Waals surface area contributed by atoms with Crippen molar-refractivity contribution in [3.05, 3.63) is 35.0 Å². The molecule has 2 rings (SSSR count). The number of aromatic nitrogens is 1. The highest BCUT2D eigenvalue weighted by atomic mass is 16.1. The topological polar surface area (TPSA) is 44.9 Å². The highest BCUT2D eigenvalue weighted by Gasteiger charge is 2.22. The van der Waals surface area contributed by atoms with E-state index in [0.717, 1.165) is 22.2 Å². The zero-order valence-electron chi connectivity index (χ0n) is 13.2. The molecule has 0 bridgehead atoms. The standard InChI is InChI=1S/C17H24N2O/c1-10-11(2)18-15-8-7-13(9-14(10)15)16(20)19-12(3)17(4,5)6/h7-9,12,18H,1-6H3,(H,19,20). The maximum absolute atomic E-state index is 12.3. The van der Waals surface area contributed by atoms with Gasteiger partial charge in [-0.1, -0.05) is 20.8 Å². The molecule has 1 aromatic heterocycles. The second-order valence-corrected chi connectivity index (χ2v) is 6.70. The highest BCUT2D eigenvalue weighted by Crippen LogP contribution is 2.23. The zero-order valence-corrected chi connectivity index (χ0v) is 13.2. The van der Waals surface area contributed by atoms with Crippen LogP contribution in [0.5, 0.6) is 0 Å². The number of aromatic amines is 1. The minimum Gasteiger partial charge on any atom is -0.358 e. The summed E-state index contributed by atoms with van der Waals surface area (Å²) in [6.07, 6.45) is 0. The van der Waals surface area contributed by atoms with Crippen LogP contribution in [0.15, 0.2) is 18.2 Å². The van der Waals surface area contributed by atoms with Crippen LogP contribution in [0.1, 0.15) is 49.3 Å². The van der Waals surface area contributed by atoms with Crippen molar-refractivity contribution in [1.29, 1.82) is 0 Å². The summed E-state index contributed by atoms with van der Waals surface area (Å²) >= 11 is 0. The number of carbonyl (C=O) groups excluding carboxylic acids is 1. The number of amides is 1. The van der Waals surface area contributed by atoms with Gasteiger partial charge in [0.2, 0.25) is 0 Å². The van der Waals surface area contributed by atoms with E-state index in [4.69, 9.17) is 0 Å². The third-order valence-corrected chi connectivity index (χ3v) is 4.22. The molecule has 1 heterocycles. The number of carbonyl (C=O) groups is 1. The van der Waals surface area contributed by atoms with Gasteiger partial charge in [-0.15, -0.1) is 0 Å². The molecule has 0 radical (unpaired) electrons. The van der Waals surface area contributed by atoms with E-state index in [1.54, 1.807) is 0 Å². The Bertz CT molecular complexity index is 647. The van der Waals surface area contributed by atoms with Crippen molar-refractivity contribution < 1.29 is 4.79 Å². The van der Waals surface area contributed by atoms with Crippen molar-refractivity contribution in [3.63, 3.8) is 0 Å². The molecule has 0 saturated carbocycles. The van der Waals surface area contributed by atoms with Crippen molar-refractivity contribution in [2.24, 2.45) is 5.41 Å². The summed E-state index contributed by atoms with van der Waals surface area (Å²) < 4.78 is 0. The van der Waals surface area contributed by atoms with E-state index in [-0.39, 0.29) is 17.4 Å². The normalized spacial score (nSPS) is 13.5. The average Bonchev–Trinajstić information content (AvgIpc) is 2.63. The van der Waals surface area contributed by atoms with Crippen LogP contribution in [0.4, 0.5) is 0 Å². The molecule has 2 N–H and O–H groups in total. The Kier molecular flexibility index (Phi) is 3.63. The summed E-state index contributed by atoms with van der Waals surface area (Å²) in [5.41, 5.74) is 4.22. The highest BCUT2D eigenvalue weighted by molar-refractivity contribution is 5.99. The Labute approximate surface area is 120 Å². The second-order valence-electron chi connectivity index (χ2n) is 6.70. The molecule has 2 aromatic rings. The van der Waals surface area contributed by atoms with E-state index < -0.39 is 0 Å². The molecule has 0 aliphatic carbocycles. The monoisotopic (exact) mass is 272 g/mol. The summed E-state index contributed by atoms with van der Waals surface area (Å²) in [7, 11) is 0. The minimum atomic E-state index is -0.00687. The van der Waals surface area contributed by atoms with E-state index in [2.05, 4.69) is 44.9 Å². The van der Waals surface area contributed by atoms with Crippen LogP contribution in [0.2, 0.25) is 0 Å². The van der Waals surface area contributed by atoms with E-state index >= 15 is 0 Å². The van der Waals surface area contributed by atoms with E-state index in [9.17, 15) is 4.79 Å². The Balaban J connectivity index is 2.29. The maximum atomic E-state index is 12.3. The van der Waals surface area contributed by atoms with Crippen LogP contribution in [-0.2, 0) is 0 Å². The summed E-state index contributed by atoms with van der Waals surface area (Å²) in [6, 6.07) is 5.95. The van der Waals surface area contributed by atoms with Gasteiger partial charge in [0.25, 0.3) is 5.91 Å². The fraction of sp³-hybridized carbons (Fsp3) is 0.471. The Morgan fingerprint density at radius 3 is 2.50 bits per heavy atom. The maximum Gasteiger partial charge on any atom is 0.251 e. The number of nitrogens with one attached hydrogen (secondary N) is 2. The van der Waals surface area contributed by atoms with Gasteiger partial charge in [0.15, 0.2) is 0 Å². The summed E-state index contributed by atoms with van der Waals surface area (Å²) in [5, 5.41) is 4.20. The number of fused-ring (bicyclic) bond motifs is 1. The van der Waals surface area contributed by atoms with Crippen molar-refractivity contribution in [2.75, 3.05) is 0 Å². The molecular formula is C17H24N2O. The lowest BCUT2D eigenvalue weighted by Crippen LogP contribution is -2.41. The molecule has 108 valence electrons. The third-order valence-electron chi connectivity index (χ3n) is 4.22. The quantitative estimate of drug-likeness (QED) is 0.854. The molecule has 1 unspecified atom stereocenters. The van der Waals surface area contributed by atoms with Gasteiger partial charge in [0.1, 0.15) is 0 Å². The van der Waals surface area contributed by atoms with Gasteiger partial charge in [0, 0.05) is 28.2 Å². The molecule has 0 aliphatic heterocycles. The first-order valence-corrected chi connectivity index (χ1v) is 7.10. The number of hydrogen-bond acceptors (Lipinski definition) is 1. The largest absolute Gasteiger partial charge is 0.358 e. The molecule has 0 fully saturated rings. The van der Waals surface area contributed by atoms with Crippen LogP contribution < -0.4 is 5.32 Å². The van der Waals surface area contributed by atoms with Crippen LogP contribution in [0.25, 0.3) is 10.9 Å². The average molecular weight is 272 g/mol. The third kappa shape index (κ3) is 2.72. The molecule has 0 spiro atoms. The lowest BCUT2D eigenvalue weighted by atomic mass is 9.88. The summed E-state index contributed by atoms with van der Waals surface area (Å²) in [6.45, 7) is 12.6. The molecule has 3 heteroatoms. The van der Waals surface area contributed by atoms with Gasteiger partial charge in [-0.25, -0.2) is 0 Å². The predicted molar refractivity (Wildman–Crippen MR) is 84.2 cm³/mol. The number of hydrogen-bond donors (Lipinski definition) is 2. The van der Waals surface area contributed by atoms with Crippen LogP contribution in [0.3, 0.4) is 0 Å². The van der Waals surface area contributed by atoms with E-state index in [0.29, 0.717) is 0 Å². The summed E-state index contributed by atoms with van der Waals surface area (Å²) in [4.78, 5) is 15.7. The van der Waals surface area contributed by atoms with Gasteiger partial charge in [0.05, 0.1) is 0 Å². The summed E-state index contributed by atoms with van der Waals surface area (Å²) in [5.74, 6) is -0.00687. The Morgan fingerprint density at radius 2 is 1.90 bits per heavy atom. The van der Waals surface area contributed by atoms with Crippen LogP contribution >= 0.6 is 0 Å². The van der Waals surface area contributed by atoms with Gasteiger partial charge >= 0.3 is 0 Å². The van der Waals surface area contributed by atoms with E-state index in [1.165, 1.54) is 5.56 Å². The number of benzene rings is 1. The fourth-order valence-corrected chi connectivity index (χ4v) is 2.10. The van der Waals surface area contributed by atoms with Gasteiger partial charge in [-0.05, 0) is 49.9 Å². The van der Waals surface area contributed by atoms with Crippen molar-refractivity contribution in [1.82, 2.24) is 10.3 Å². The molecular weight excluding hydrogens is 248 g/mol. The molecule has 3 nitrogen and oxygen atoms in total. The van der Waals surface area contributed by atoms with Crippen molar-refractivity contribution >= 4 is 16.8 Å². The Hall–Kier alpha value is -1.77. The van der Waals surface area contributed by atoms with Crippen LogP contribution in [-0.4, -0.2) is 16.9 Å². The smallest absolute Gasteiger partial charge is 0.251 e. The predicted octanol–water partition coefficient (Wildman–Crippen LogP) is 3.95. The SMILES string of the molecule is Cc1[nH]c2ccc(C(=O)NC(C)C(C)(C)C)cc2c1C. The van der Waals surface area contributed by atoms with Gasteiger partial charge in [-0.3, -0.25) is 4.79 Å². The van der Waals surface area contributed by atoms with E-state index in [1.807, 2.05) is 25.1 Å². The number of H-pyrrole nitrogens is 1. The molecule has 1 atom stereocenters. The second kappa shape index (κ2) is 4.97. The lowest BCUT2D eigenvalue weighted by molar-refractivity contribution is 0.0910. The first-order chi connectivity index (χ1) is 9.20. The van der Waals surface area contributed by atoms with Crippen LogP contribution in [0, 0.1) is 19.3 Å². The minimum absolute atomic E-state index is 0.00687. The Morgan fingerprint density at radius 1 is 1.25 bits per heavy atom. The number of rotatable bonds is 2. The van der Waals surface area contributed by atoms with Crippen molar-refractivity contribution in [2.45, 2.75) is 47.6 Å². The van der Waals surface area contributed by atoms with Crippen molar-refractivity contribution in [3.8, 4) is 0 Å². The lowest BCUT2D eigenvalue weighted by Gasteiger charge is -2.28. The molecule has 0 saturated heterocycles.